The molecule has 0 aliphatic carbocycles. The van der Waals surface area contributed by atoms with Crippen LogP contribution in [0, 0.1) is 12.7 Å². The van der Waals surface area contributed by atoms with Gasteiger partial charge in [0.05, 0.1) is 24.2 Å². The minimum atomic E-state index is -0.476. The Morgan fingerprint density at radius 1 is 1.24 bits per heavy atom. The van der Waals surface area contributed by atoms with Crippen LogP contribution in [0.1, 0.15) is 16.2 Å². The number of aryl methyl sites for hydroxylation is 1. The van der Waals surface area contributed by atoms with Crippen LogP contribution in [-0.2, 0) is 0 Å². The van der Waals surface area contributed by atoms with E-state index < -0.39 is 11.7 Å². The average molecular weight is 361 g/mol. The number of rotatable bonds is 4. The summed E-state index contributed by atoms with van der Waals surface area (Å²) in [5.74, 6) is -0.721. The minimum Gasteiger partial charge on any atom is -0.494 e. The van der Waals surface area contributed by atoms with Crippen LogP contribution in [0.3, 0.4) is 0 Å². The first-order chi connectivity index (χ1) is 12.0. The topological polar surface area (TPSA) is 69.0 Å². The number of hydrogen-bond acceptors (Lipinski definition) is 4. The standard InChI is InChI=1S/C17H14ClFN4O2/c1-10-16(22-23(21-10)13-5-3-4-11(18)8-13)17(24)20-14-7-6-12(19)9-15(14)25-2/h3-9H,1-2H3,(H,20,24). The van der Waals surface area contributed by atoms with Gasteiger partial charge in [-0.3, -0.25) is 4.79 Å². The summed E-state index contributed by atoms with van der Waals surface area (Å²) in [7, 11) is 1.39. The number of halogens is 2. The zero-order valence-corrected chi connectivity index (χ0v) is 14.2. The van der Waals surface area contributed by atoms with Gasteiger partial charge in [0.2, 0.25) is 0 Å². The monoisotopic (exact) mass is 360 g/mol. The smallest absolute Gasteiger partial charge is 0.278 e. The van der Waals surface area contributed by atoms with Crippen LogP contribution in [0.25, 0.3) is 5.69 Å². The molecule has 0 fully saturated rings. The van der Waals surface area contributed by atoms with E-state index in [0.29, 0.717) is 22.1 Å². The van der Waals surface area contributed by atoms with Crippen molar-refractivity contribution in [3.8, 4) is 11.4 Å². The van der Waals surface area contributed by atoms with E-state index in [1.807, 2.05) is 0 Å². The summed E-state index contributed by atoms with van der Waals surface area (Å²) in [6.07, 6.45) is 0. The molecular formula is C17H14ClFN4O2. The van der Waals surface area contributed by atoms with Gasteiger partial charge in [-0.25, -0.2) is 4.39 Å². The van der Waals surface area contributed by atoms with Gasteiger partial charge in [-0.2, -0.15) is 9.90 Å². The Labute approximate surface area is 148 Å². The number of carbonyl (C=O) groups excluding carboxylic acids is 1. The van der Waals surface area contributed by atoms with Crippen molar-refractivity contribution in [2.75, 3.05) is 12.4 Å². The molecule has 1 aromatic heterocycles. The summed E-state index contributed by atoms with van der Waals surface area (Å²) in [5.41, 5.74) is 1.56. The molecule has 0 radical (unpaired) electrons. The Kier molecular flexibility index (Phi) is 4.67. The first-order valence-electron chi connectivity index (χ1n) is 7.32. The molecular weight excluding hydrogens is 347 g/mol. The van der Waals surface area contributed by atoms with Gasteiger partial charge in [-0.15, -0.1) is 5.10 Å². The number of hydrogen-bond donors (Lipinski definition) is 1. The number of anilines is 1. The first kappa shape index (κ1) is 16.9. The molecule has 1 N–H and O–H groups in total. The van der Waals surface area contributed by atoms with E-state index in [1.54, 1.807) is 31.2 Å². The number of carbonyl (C=O) groups is 1. The number of benzene rings is 2. The van der Waals surface area contributed by atoms with Gasteiger partial charge in [-0.1, -0.05) is 17.7 Å². The summed E-state index contributed by atoms with van der Waals surface area (Å²) in [6, 6.07) is 10.8. The Morgan fingerprint density at radius 3 is 2.76 bits per heavy atom. The van der Waals surface area contributed by atoms with E-state index in [0.717, 1.165) is 0 Å². The van der Waals surface area contributed by atoms with Crippen molar-refractivity contribution in [3.63, 3.8) is 0 Å². The van der Waals surface area contributed by atoms with Crippen molar-refractivity contribution < 1.29 is 13.9 Å². The fraction of sp³-hybridized carbons (Fsp3) is 0.118. The number of methoxy groups -OCH3 is 1. The molecule has 128 valence electrons. The van der Waals surface area contributed by atoms with Gasteiger partial charge in [0.1, 0.15) is 11.6 Å². The molecule has 0 aliphatic heterocycles. The molecule has 0 atom stereocenters. The van der Waals surface area contributed by atoms with Crippen molar-refractivity contribution in [1.29, 1.82) is 0 Å². The fourth-order valence-electron chi connectivity index (χ4n) is 2.25. The molecule has 1 amide bonds. The van der Waals surface area contributed by atoms with E-state index in [4.69, 9.17) is 16.3 Å². The molecule has 0 unspecified atom stereocenters. The molecule has 25 heavy (non-hydrogen) atoms. The third-order valence-corrected chi connectivity index (χ3v) is 3.68. The number of nitrogens with one attached hydrogen (secondary N) is 1. The average Bonchev–Trinajstić information content (AvgIpc) is 2.98. The van der Waals surface area contributed by atoms with Crippen LogP contribution in [0.5, 0.6) is 5.75 Å². The number of nitrogens with zero attached hydrogens (tertiary/aromatic N) is 3. The molecule has 0 saturated heterocycles. The van der Waals surface area contributed by atoms with Gasteiger partial charge < -0.3 is 10.1 Å². The predicted molar refractivity (Wildman–Crippen MR) is 92.0 cm³/mol. The van der Waals surface area contributed by atoms with E-state index in [9.17, 15) is 9.18 Å². The highest BCUT2D eigenvalue weighted by Gasteiger charge is 2.18. The molecule has 1 heterocycles. The van der Waals surface area contributed by atoms with Crippen molar-refractivity contribution in [3.05, 3.63) is 64.7 Å². The number of ether oxygens (including phenoxy) is 1. The lowest BCUT2D eigenvalue weighted by Crippen LogP contribution is -2.15. The lowest BCUT2D eigenvalue weighted by Gasteiger charge is -2.09. The molecule has 0 spiro atoms. The molecule has 0 bridgehead atoms. The van der Waals surface area contributed by atoms with E-state index in [1.165, 1.54) is 30.1 Å². The summed E-state index contributed by atoms with van der Waals surface area (Å²) in [6.45, 7) is 1.67. The van der Waals surface area contributed by atoms with Crippen LogP contribution in [0.15, 0.2) is 42.5 Å². The summed E-state index contributed by atoms with van der Waals surface area (Å²) < 4.78 is 18.3. The second-order valence-corrected chi connectivity index (χ2v) is 5.64. The van der Waals surface area contributed by atoms with Crippen LogP contribution in [0.2, 0.25) is 5.02 Å². The third kappa shape index (κ3) is 3.61. The van der Waals surface area contributed by atoms with Crippen molar-refractivity contribution in [2.45, 2.75) is 6.92 Å². The van der Waals surface area contributed by atoms with Gasteiger partial charge >= 0.3 is 0 Å². The number of amides is 1. The van der Waals surface area contributed by atoms with Gasteiger partial charge in [0.15, 0.2) is 5.69 Å². The highest BCUT2D eigenvalue weighted by atomic mass is 35.5. The van der Waals surface area contributed by atoms with Crippen molar-refractivity contribution in [1.82, 2.24) is 15.0 Å². The van der Waals surface area contributed by atoms with E-state index in [-0.39, 0.29) is 11.4 Å². The summed E-state index contributed by atoms with van der Waals surface area (Å²) in [5, 5.41) is 11.6. The van der Waals surface area contributed by atoms with Gasteiger partial charge in [0.25, 0.3) is 5.91 Å². The van der Waals surface area contributed by atoms with E-state index in [2.05, 4.69) is 15.5 Å². The lowest BCUT2D eigenvalue weighted by molar-refractivity contribution is 0.102. The fourth-order valence-corrected chi connectivity index (χ4v) is 2.44. The molecule has 6 nitrogen and oxygen atoms in total. The maximum Gasteiger partial charge on any atom is 0.278 e. The van der Waals surface area contributed by atoms with Gasteiger partial charge in [-0.05, 0) is 37.3 Å². The lowest BCUT2D eigenvalue weighted by atomic mass is 10.2. The van der Waals surface area contributed by atoms with Crippen LogP contribution >= 0.6 is 11.6 Å². The van der Waals surface area contributed by atoms with Crippen molar-refractivity contribution in [2.24, 2.45) is 0 Å². The van der Waals surface area contributed by atoms with Crippen molar-refractivity contribution >= 4 is 23.2 Å². The number of aromatic nitrogens is 3. The Bertz CT molecular complexity index is 942. The quantitative estimate of drug-likeness (QED) is 0.771. The van der Waals surface area contributed by atoms with Crippen LogP contribution in [0.4, 0.5) is 10.1 Å². The normalized spacial score (nSPS) is 10.6. The molecule has 3 rings (SSSR count). The molecule has 2 aromatic carbocycles. The van der Waals surface area contributed by atoms with E-state index >= 15 is 0 Å². The SMILES string of the molecule is COc1cc(F)ccc1NC(=O)c1nn(-c2cccc(Cl)c2)nc1C. The zero-order valence-electron chi connectivity index (χ0n) is 13.5. The Hall–Kier alpha value is -2.93. The second kappa shape index (κ2) is 6.90. The molecule has 0 saturated carbocycles. The summed E-state index contributed by atoms with van der Waals surface area (Å²) in [4.78, 5) is 13.8. The molecule has 0 aliphatic rings. The van der Waals surface area contributed by atoms with Crippen LogP contribution in [-0.4, -0.2) is 28.0 Å². The highest BCUT2D eigenvalue weighted by molar-refractivity contribution is 6.30. The predicted octanol–water partition coefficient (Wildman–Crippen LogP) is 3.63. The highest BCUT2D eigenvalue weighted by Crippen LogP contribution is 2.25. The van der Waals surface area contributed by atoms with Gasteiger partial charge in [0, 0.05) is 11.1 Å². The zero-order chi connectivity index (χ0) is 18.0. The maximum absolute atomic E-state index is 13.3. The second-order valence-electron chi connectivity index (χ2n) is 5.20. The molecule has 3 aromatic rings. The third-order valence-electron chi connectivity index (χ3n) is 3.45. The Balaban J connectivity index is 1.88. The maximum atomic E-state index is 13.3. The molecule has 8 heteroatoms. The largest absolute Gasteiger partial charge is 0.494 e. The first-order valence-corrected chi connectivity index (χ1v) is 7.70. The minimum absolute atomic E-state index is 0.145. The Morgan fingerprint density at radius 2 is 2.04 bits per heavy atom. The van der Waals surface area contributed by atoms with Crippen LogP contribution < -0.4 is 10.1 Å². The summed E-state index contributed by atoms with van der Waals surface area (Å²) >= 11 is 5.96.